The maximum Gasteiger partial charge on any atom is 0.248 e. The second kappa shape index (κ2) is 6.84. The first kappa shape index (κ1) is 17.4. The molecule has 0 unspecified atom stereocenters. The minimum absolute atomic E-state index is 0.0762. The van der Waals surface area contributed by atoms with Crippen LogP contribution in [-0.2, 0) is 21.2 Å². The smallest absolute Gasteiger partial charge is 0.248 e. The van der Waals surface area contributed by atoms with Crippen molar-refractivity contribution in [3.63, 3.8) is 0 Å². The van der Waals surface area contributed by atoms with Crippen molar-refractivity contribution in [2.45, 2.75) is 37.6 Å². The number of halogens is 1. The SMILES string of the molecule is CCCC(=O)N=C1S[C@@H]2CS(=O)(=O)C[C@H]2N1Cc1ccc(F)cc1. The van der Waals surface area contributed by atoms with Gasteiger partial charge in [-0.15, -0.1) is 0 Å². The molecule has 0 saturated carbocycles. The van der Waals surface area contributed by atoms with Crippen LogP contribution < -0.4 is 0 Å². The molecule has 2 fully saturated rings. The van der Waals surface area contributed by atoms with E-state index in [4.69, 9.17) is 0 Å². The Kier molecular flexibility index (Phi) is 4.96. The first-order chi connectivity index (χ1) is 11.4. The number of sulfone groups is 1. The molecule has 2 aliphatic heterocycles. The second-order valence-corrected chi connectivity index (χ2v) is 9.45. The summed E-state index contributed by atoms with van der Waals surface area (Å²) >= 11 is 1.37. The van der Waals surface area contributed by atoms with E-state index in [1.807, 2.05) is 11.8 Å². The fourth-order valence-electron chi connectivity index (χ4n) is 2.98. The van der Waals surface area contributed by atoms with Gasteiger partial charge in [-0.25, -0.2) is 12.8 Å². The lowest BCUT2D eigenvalue weighted by Gasteiger charge is -2.24. The standard InChI is InChI=1S/C16H19FN2O3S2/c1-2-3-15(20)18-16-19(8-11-4-6-12(17)7-5-11)13-9-24(21,22)10-14(13)23-16/h4-7,13-14H,2-3,8-10H2,1H3/t13-,14-/m1/s1. The normalized spacial score (nSPS) is 26.8. The van der Waals surface area contributed by atoms with E-state index in [1.165, 1.54) is 23.9 Å². The third-order valence-electron chi connectivity index (χ3n) is 4.13. The summed E-state index contributed by atoms with van der Waals surface area (Å²) in [7, 11) is -3.06. The van der Waals surface area contributed by atoms with Gasteiger partial charge in [-0.1, -0.05) is 30.8 Å². The highest BCUT2D eigenvalue weighted by atomic mass is 32.2. The van der Waals surface area contributed by atoms with Gasteiger partial charge >= 0.3 is 0 Å². The van der Waals surface area contributed by atoms with E-state index in [2.05, 4.69) is 4.99 Å². The van der Waals surface area contributed by atoms with Gasteiger partial charge in [0.1, 0.15) is 5.82 Å². The maximum absolute atomic E-state index is 13.1. The summed E-state index contributed by atoms with van der Waals surface area (Å²) in [4.78, 5) is 18.0. The summed E-state index contributed by atoms with van der Waals surface area (Å²) in [6.45, 7) is 2.33. The zero-order chi connectivity index (χ0) is 17.3. The Morgan fingerprint density at radius 2 is 2.04 bits per heavy atom. The summed E-state index contributed by atoms with van der Waals surface area (Å²) in [5, 5.41) is 0.492. The highest BCUT2D eigenvalue weighted by Gasteiger charge is 2.48. The molecule has 1 amide bonds. The number of fused-ring (bicyclic) bond motifs is 1. The summed E-state index contributed by atoms with van der Waals surface area (Å²) in [6, 6.07) is 5.91. The maximum atomic E-state index is 13.1. The summed E-state index contributed by atoms with van der Waals surface area (Å²) < 4.78 is 36.9. The Morgan fingerprint density at radius 1 is 1.33 bits per heavy atom. The number of carbonyl (C=O) groups is 1. The van der Waals surface area contributed by atoms with E-state index in [0.29, 0.717) is 18.1 Å². The minimum Gasteiger partial charge on any atom is -0.342 e. The molecule has 1 aromatic rings. The zero-order valence-corrected chi connectivity index (χ0v) is 14.9. The third kappa shape index (κ3) is 3.80. The molecule has 2 aliphatic rings. The number of thioether (sulfide) groups is 1. The van der Waals surface area contributed by atoms with Crippen LogP contribution in [0.2, 0.25) is 0 Å². The van der Waals surface area contributed by atoms with E-state index < -0.39 is 9.84 Å². The van der Waals surface area contributed by atoms with Gasteiger partial charge in [0, 0.05) is 18.2 Å². The average molecular weight is 370 g/mol. The van der Waals surface area contributed by atoms with E-state index in [-0.39, 0.29) is 34.5 Å². The quantitative estimate of drug-likeness (QED) is 0.813. The highest BCUT2D eigenvalue weighted by Crippen LogP contribution is 2.39. The number of amidine groups is 1. The molecule has 8 heteroatoms. The molecule has 2 saturated heterocycles. The molecule has 0 bridgehead atoms. The Hall–Kier alpha value is -1.41. The van der Waals surface area contributed by atoms with Crippen LogP contribution in [0.15, 0.2) is 29.3 Å². The number of aliphatic imine (C=N–C) groups is 1. The van der Waals surface area contributed by atoms with Gasteiger partial charge in [0.25, 0.3) is 0 Å². The topological polar surface area (TPSA) is 66.8 Å². The molecule has 0 aromatic heterocycles. The summed E-state index contributed by atoms with van der Waals surface area (Å²) in [5.41, 5.74) is 0.859. The van der Waals surface area contributed by atoms with Crippen LogP contribution in [-0.4, -0.2) is 47.2 Å². The van der Waals surface area contributed by atoms with Crippen LogP contribution in [0.5, 0.6) is 0 Å². The number of benzene rings is 1. The monoisotopic (exact) mass is 370 g/mol. The lowest BCUT2D eigenvalue weighted by molar-refractivity contribution is -0.117. The van der Waals surface area contributed by atoms with Crippen molar-refractivity contribution < 1.29 is 17.6 Å². The largest absolute Gasteiger partial charge is 0.342 e. The lowest BCUT2D eigenvalue weighted by Crippen LogP contribution is -2.37. The Morgan fingerprint density at radius 3 is 2.71 bits per heavy atom. The van der Waals surface area contributed by atoms with Crippen LogP contribution in [0.3, 0.4) is 0 Å². The zero-order valence-electron chi connectivity index (χ0n) is 13.3. The first-order valence-electron chi connectivity index (χ1n) is 7.87. The van der Waals surface area contributed by atoms with Crippen LogP contribution in [0.4, 0.5) is 4.39 Å². The molecule has 2 heterocycles. The Labute approximate surface area is 145 Å². The van der Waals surface area contributed by atoms with E-state index >= 15 is 0 Å². The van der Waals surface area contributed by atoms with Crippen molar-refractivity contribution in [1.29, 1.82) is 0 Å². The van der Waals surface area contributed by atoms with Gasteiger partial charge in [0.05, 0.1) is 17.5 Å². The third-order valence-corrected chi connectivity index (χ3v) is 7.37. The predicted molar refractivity (Wildman–Crippen MR) is 93.1 cm³/mol. The first-order valence-corrected chi connectivity index (χ1v) is 10.6. The molecule has 5 nitrogen and oxygen atoms in total. The van der Waals surface area contributed by atoms with Crippen molar-refractivity contribution in [3.05, 3.63) is 35.6 Å². The molecule has 2 atom stereocenters. The summed E-state index contributed by atoms with van der Waals surface area (Å²) in [6.07, 6.45) is 1.10. The Balaban J connectivity index is 1.86. The Bertz CT molecular complexity index is 762. The number of hydrogen-bond donors (Lipinski definition) is 0. The van der Waals surface area contributed by atoms with Crippen molar-refractivity contribution in [2.75, 3.05) is 11.5 Å². The van der Waals surface area contributed by atoms with Crippen LogP contribution >= 0.6 is 11.8 Å². The number of amides is 1. The molecular weight excluding hydrogens is 351 g/mol. The minimum atomic E-state index is -3.06. The molecule has 0 spiro atoms. The summed E-state index contributed by atoms with van der Waals surface area (Å²) in [5.74, 6) is -0.314. The van der Waals surface area contributed by atoms with Gasteiger partial charge in [-0.2, -0.15) is 4.99 Å². The highest BCUT2D eigenvalue weighted by molar-refractivity contribution is 8.15. The lowest BCUT2D eigenvalue weighted by atomic mass is 10.1. The van der Waals surface area contributed by atoms with Gasteiger partial charge in [0.2, 0.25) is 5.91 Å². The van der Waals surface area contributed by atoms with Gasteiger partial charge in [0.15, 0.2) is 15.0 Å². The van der Waals surface area contributed by atoms with Crippen molar-refractivity contribution in [2.24, 2.45) is 4.99 Å². The molecule has 1 aromatic carbocycles. The number of rotatable bonds is 4. The number of hydrogen-bond acceptors (Lipinski definition) is 4. The van der Waals surface area contributed by atoms with E-state index in [0.717, 1.165) is 12.0 Å². The second-order valence-electron chi connectivity index (χ2n) is 6.09. The molecule has 0 N–H and O–H groups in total. The molecular formula is C16H19FN2O3S2. The van der Waals surface area contributed by atoms with Gasteiger partial charge in [-0.3, -0.25) is 4.79 Å². The van der Waals surface area contributed by atoms with Crippen molar-refractivity contribution >= 4 is 32.7 Å². The van der Waals surface area contributed by atoms with Crippen LogP contribution in [0.1, 0.15) is 25.3 Å². The fourth-order valence-corrected chi connectivity index (χ4v) is 6.95. The predicted octanol–water partition coefficient (Wildman–Crippen LogP) is 2.22. The number of nitrogens with zero attached hydrogens (tertiary/aromatic N) is 2. The average Bonchev–Trinajstić information content (AvgIpc) is 2.95. The van der Waals surface area contributed by atoms with E-state index in [9.17, 15) is 17.6 Å². The van der Waals surface area contributed by atoms with Crippen LogP contribution in [0, 0.1) is 5.82 Å². The van der Waals surface area contributed by atoms with Gasteiger partial charge < -0.3 is 4.90 Å². The fraction of sp³-hybridized carbons (Fsp3) is 0.500. The van der Waals surface area contributed by atoms with Crippen molar-refractivity contribution in [1.82, 2.24) is 4.90 Å². The number of carbonyl (C=O) groups excluding carboxylic acids is 1. The van der Waals surface area contributed by atoms with Gasteiger partial charge in [-0.05, 0) is 24.1 Å². The molecule has 3 rings (SSSR count). The van der Waals surface area contributed by atoms with E-state index in [1.54, 1.807) is 12.1 Å². The van der Waals surface area contributed by atoms with Crippen molar-refractivity contribution in [3.8, 4) is 0 Å². The molecule has 0 aliphatic carbocycles. The molecule has 0 radical (unpaired) electrons. The van der Waals surface area contributed by atoms with Crippen LogP contribution in [0.25, 0.3) is 0 Å². The molecule has 24 heavy (non-hydrogen) atoms. The molecule has 130 valence electrons.